The van der Waals surface area contributed by atoms with Crippen molar-refractivity contribution in [1.29, 1.82) is 0 Å². The van der Waals surface area contributed by atoms with Crippen molar-refractivity contribution in [2.45, 2.75) is 19.8 Å². The Morgan fingerprint density at radius 3 is 2.14 bits per heavy atom. The molecule has 0 atom stereocenters. The maximum atomic E-state index is 12.2. The lowest BCUT2D eigenvalue weighted by atomic mass is 10.1. The Hall–Kier alpha value is -2.87. The fourth-order valence-electron chi connectivity index (χ4n) is 2.52. The molecule has 0 unspecified atom stereocenters. The van der Waals surface area contributed by atoms with E-state index in [0.717, 1.165) is 17.5 Å². The predicted octanol–water partition coefficient (Wildman–Crippen LogP) is 2.85. The van der Waals surface area contributed by atoms with Crippen molar-refractivity contribution < 1.29 is 22.7 Å². The predicted molar refractivity (Wildman–Crippen MR) is 109 cm³/mol. The topological polar surface area (TPSA) is 102 Å². The number of ketones is 1. The van der Waals surface area contributed by atoms with Gasteiger partial charge in [-0.15, -0.1) is 0 Å². The van der Waals surface area contributed by atoms with Gasteiger partial charge in [0.05, 0.1) is 19.3 Å². The van der Waals surface area contributed by atoms with Gasteiger partial charge in [0, 0.05) is 29.9 Å². The van der Waals surface area contributed by atoms with Gasteiger partial charge >= 0.3 is 5.97 Å². The maximum Gasteiger partial charge on any atom is 0.310 e. The van der Waals surface area contributed by atoms with E-state index in [-0.39, 0.29) is 18.2 Å². The van der Waals surface area contributed by atoms with Gasteiger partial charge in [0.2, 0.25) is 10.0 Å². The van der Waals surface area contributed by atoms with Crippen LogP contribution < -0.4 is 10.0 Å². The molecule has 2 aromatic rings. The van der Waals surface area contributed by atoms with Crippen molar-refractivity contribution in [1.82, 2.24) is 0 Å². The van der Waals surface area contributed by atoms with E-state index in [0.29, 0.717) is 30.8 Å². The van der Waals surface area contributed by atoms with E-state index < -0.39 is 10.0 Å². The molecule has 0 saturated carbocycles. The number of carbonyl (C=O) groups excluding carboxylic acids is 2. The second-order valence-corrected chi connectivity index (χ2v) is 7.98. The van der Waals surface area contributed by atoms with Gasteiger partial charge in [-0.3, -0.25) is 14.3 Å². The molecule has 2 rings (SSSR count). The van der Waals surface area contributed by atoms with E-state index in [2.05, 4.69) is 10.0 Å². The number of esters is 1. The van der Waals surface area contributed by atoms with Crippen LogP contribution in [-0.2, 0) is 26.0 Å². The molecule has 0 heterocycles. The molecule has 0 radical (unpaired) electrons. The van der Waals surface area contributed by atoms with Crippen LogP contribution >= 0.6 is 0 Å². The van der Waals surface area contributed by atoms with Gasteiger partial charge in [0.1, 0.15) is 0 Å². The molecule has 0 spiro atoms. The molecule has 0 aliphatic heterocycles. The number of Topliss-reactive ketones (excluding diaryl/α,β-unsaturated/α-hetero) is 1. The van der Waals surface area contributed by atoms with Crippen LogP contribution in [0.5, 0.6) is 0 Å². The summed E-state index contributed by atoms with van der Waals surface area (Å²) >= 11 is 0. The Balaban J connectivity index is 1.81. The Labute approximate surface area is 165 Å². The van der Waals surface area contributed by atoms with Crippen molar-refractivity contribution in [2.24, 2.45) is 0 Å². The molecule has 7 nitrogen and oxygen atoms in total. The van der Waals surface area contributed by atoms with Gasteiger partial charge < -0.3 is 10.1 Å². The third-order valence-corrected chi connectivity index (χ3v) is 4.41. The number of benzene rings is 2. The van der Waals surface area contributed by atoms with Crippen LogP contribution in [0.2, 0.25) is 0 Å². The Morgan fingerprint density at radius 2 is 1.57 bits per heavy atom. The number of anilines is 2. The average molecular weight is 404 g/mol. The summed E-state index contributed by atoms with van der Waals surface area (Å²) in [4.78, 5) is 23.7. The van der Waals surface area contributed by atoms with Crippen LogP contribution in [0.15, 0.2) is 48.5 Å². The fraction of sp³-hybridized carbons (Fsp3) is 0.300. The zero-order valence-corrected chi connectivity index (χ0v) is 16.7. The van der Waals surface area contributed by atoms with Gasteiger partial charge in [0.25, 0.3) is 0 Å². The van der Waals surface area contributed by atoms with Crippen molar-refractivity contribution in [3.8, 4) is 0 Å². The van der Waals surface area contributed by atoms with Crippen molar-refractivity contribution in [2.75, 3.05) is 29.4 Å². The number of ether oxygens (including phenoxy) is 1. The molecular weight excluding hydrogens is 380 g/mol. The third kappa shape index (κ3) is 7.40. The highest BCUT2D eigenvalue weighted by Crippen LogP contribution is 2.14. The summed E-state index contributed by atoms with van der Waals surface area (Å²) in [5.41, 5.74) is 2.65. The Kier molecular flexibility index (Phi) is 7.57. The van der Waals surface area contributed by atoms with Gasteiger partial charge in [0.15, 0.2) is 5.78 Å². The summed E-state index contributed by atoms with van der Waals surface area (Å²) in [6.07, 6.45) is 1.60. The first kappa shape index (κ1) is 21.4. The third-order valence-electron chi connectivity index (χ3n) is 3.80. The molecule has 0 saturated heterocycles. The minimum atomic E-state index is -3.34. The summed E-state index contributed by atoms with van der Waals surface area (Å²) in [7, 11) is -3.34. The summed E-state index contributed by atoms with van der Waals surface area (Å²) in [6.45, 7) is 2.59. The first-order valence-electron chi connectivity index (χ1n) is 8.86. The van der Waals surface area contributed by atoms with E-state index in [9.17, 15) is 18.0 Å². The number of hydrogen-bond acceptors (Lipinski definition) is 6. The summed E-state index contributed by atoms with van der Waals surface area (Å²) in [5, 5.41) is 3.16. The van der Waals surface area contributed by atoms with Crippen LogP contribution in [0.3, 0.4) is 0 Å². The second kappa shape index (κ2) is 9.89. The minimum Gasteiger partial charge on any atom is -0.466 e. The molecule has 2 N–H and O–H groups in total. The quantitative estimate of drug-likeness (QED) is 0.466. The summed E-state index contributed by atoms with van der Waals surface area (Å²) < 4.78 is 29.6. The van der Waals surface area contributed by atoms with Crippen LogP contribution in [0.4, 0.5) is 11.4 Å². The zero-order valence-electron chi connectivity index (χ0n) is 15.9. The standard InChI is InChI=1S/C20H24N2O5S/c1-3-27-20(24)14-15-4-8-17(9-5-15)21-13-12-19(23)16-6-10-18(11-7-16)22-28(2,25)26/h4-11,21-22H,3,12-14H2,1-2H3. The lowest BCUT2D eigenvalue weighted by molar-refractivity contribution is -0.142. The number of carbonyl (C=O) groups is 2. The highest BCUT2D eigenvalue weighted by molar-refractivity contribution is 7.92. The van der Waals surface area contributed by atoms with Gasteiger partial charge in [-0.1, -0.05) is 12.1 Å². The summed E-state index contributed by atoms with van der Waals surface area (Å²) in [6, 6.07) is 13.7. The average Bonchev–Trinajstić information content (AvgIpc) is 2.62. The lowest BCUT2D eigenvalue weighted by Gasteiger charge is -2.08. The van der Waals surface area contributed by atoms with Crippen molar-refractivity contribution in [3.05, 3.63) is 59.7 Å². The van der Waals surface area contributed by atoms with Gasteiger partial charge in [-0.25, -0.2) is 8.42 Å². The molecule has 2 aromatic carbocycles. The number of rotatable bonds is 10. The molecule has 0 fully saturated rings. The Morgan fingerprint density at radius 1 is 0.964 bits per heavy atom. The van der Waals surface area contributed by atoms with Crippen LogP contribution in [0, 0.1) is 0 Å². The van der Waals surface area contributed by atoms with Gasteiger partial charge in [-0.2, -0.15) is 0 Å². The number of sulfonamides is 1. The van der Waals surface area contributed by atoms with Crippen LogP contribution in [0.25, 0.3) is 0 Å². The molecule has 0 aromatic heterocycles. The molecular formula is C20H24N2O5S. The van der Waals surface area contributed by atoms with Crippen molar-refractivity contribution in [3.63, 3.8) is 0 Å². The fourth-order valence-corrected chi connectivity index (χ4v) is 3.09. The normalized spacial score (nSPS) is 10.9. The molecule has 0 amide bonds. The largest absolute Gasteiger partial charge is 0.466 e. The molecule has 0 aliphatic rings. The first-order chi connectivity index (χ1) is 13.3. The van der Waals surface area contributed by atoms with E-state index in [1.807, 2.05) is 24.3 Å². The smallest absolute Gasteiger partial charge is 0.310 e. The van der Waals surface area contributed by atoms with E-state index in [1.54, 1.807) is 31.2 Å². The van der Waals surface area contributed by atoms with Crippen LogP contribution in [-0.4, -0.2) is 39.6 Å². The maximum absolute atomic E-state index is 12.2. The van der Waals surface area contributed by atoms with Crippen LogP contribution in [0.1, 0.15) is 29.3 Å². The number of hydrogen-bond donors (Lipinski definition) is 2. The van der Waals surface area contributed by atoms with Crippen molar-refractivity contribution >= 4 is 33.2 Å². The molecule has 0 bridgehead atoms. The molecule has 150 valence electrons. The minimum absolute atomic E-state index is 0.0441. The zero-order chi connectivity index (χ0) is 20.6. The number of nitrogens with one attached hydrogen (secondary N) is 2. The Bertz CT molecular complexity index is 907. The molecule has 0 aliphatic carbocycles. The SMILES string of the molecule is CCOC(=O)Cc1ccc(NCCC(=O)c2ccc(NS(C)(=O)=O)cc2)cc1. The molecule has 8 heteroatoms. The van der Waals surface area contributed by atoms with E-state index >= 15 is 0 Å². The molecule has 28 heavy (non-hydrogen) atoms. The first-order valence-corrected chi connectivity index (χ1v) is 10.8. The lowest BCUT2D eigenvalue weighted by Crippen LogP contribution is -2.11. The summed E-state index contributed by atoms with van der Waals surface area (Å²) in [5.74, 6) is -0.302. The highest BCUT2D eigenvalue weighted by atomic mass is 32.2. The highest BCUT2D eigenvalue weighted by Gasteiger charge is 2.08. The van der Waals surface area contributed by atoms with E-state index in [1.165, 1.54) is 0 Å². The monoisotopic (exact) mass is 404 g/mol. The second-order valence-electron chi connectivity index (χ2n) is 6.23. The van der Waals surface area contributed by atoms with E-state index in [4.69, 9.17) is 4.74 Å². The van der Waals surface area contributed by atoms with Gasteiger partial charge in [-0.05, 0) is 48.9 Å².